The molecule has 0 radical (unpaired) electrons. The summed E-state index contributed by atoms with van der Waals surface area (Å²) in [5, 5.41) is 16.5. The highest BCUT2D eigenvalue weighted by atomic mass is 32.2. The average Bonchev–Trinajstić information content (AvgIpc) is 2.88. The molecular weight excluding hydrogens is 364 g/mol. The maximum Gasteiger partial charge on any atom is 0.335 e. The van der Waals surface area contributed by atoms with E-state index in [1.54, 1.807) is 35.1 Å². The standard InChI is InChI=1S/C19H16N4O3S/c1-11-16-17(12-5-7-13(8-6-12)19(25)26)27-10-15(24)21-18(16)23(22-11)14-4-2-3-9-20-14/h2-9,17H,10H2,1H3,(H,21,24)(H,25,26). The van der Waals surface area contributed by atoms with Crippen molar-refractivity contribution >= 4 is 29.5 Å². The van der Waals surface area contributed by atoms with E-state index in [0.717, 1.165) is 16.8 Å². The molecule has 0 bridgehead atoms. The summed E-state index contributed by atoms with van der Waals surface area (Å²) < 4.78 is 1.65. The molecule has 136 valence electrons. The molecule has 2 N–H and O–H groups in total. The van der Waals surface area contributed by atoms with Crippen LogP contribution < -0.4 is 5.32 Å². The van der Waals surface area contributed by atoms with Gasteiger partial charge in [0, 0.05) is 11.8 Å². The molecule has 4 rings (SSSR count). The van der Waals surface area contributed by atoms with Gasteiger partial charge < -0.3 is 10.4 Å². The van der Waals surface area contributed by atoms with Crippen molar-refractivity contribution < 1.29 is 14.7 Å². The number of amides is 1. The topological polar surface area (TPSA) is 97.1 Å². The summed E-state index contributed by atoms with van der Waals surface area (Å²) in [6, 6.07) is 12.2. The molecule has 3 heterocycles. The summed E-state index contributed by atoms with van der Waals surface area (Å²) in [5.41, 5.74) is 2.84. The number of hydrogen-bond acceptors (Lipinski definition) is 5. The highest BCUT2D eigenvalue weighted by molar-refractivity contribution is 8.00. The van der Waals surface area contributed by atoms with Gasteiger partial charge in [0.15, 0.2) is 5.82 Å². The van der Waals surface area contributed by atoms with Gasteiger partial charge in [0.1, 0.15) is 5.82 Å². The molecule has 8 heteroatoms. The second kappa shape index (κ2) is 6.88. The average molecular weight is 380 g/mol. The molecule has 0 saturated heterocycles. The predicted octanol–water partition coefficient (Wildman–Crippen LogP) is 3.05. The van der Waals surface area contributed by atoms with Gasteiger partial charge in [0.25, 0.3) is 0 Å². The van der Waals surface area contributed by atoms with Crippen LogP contribution in [-0.2, 0) is 4.79 Å². The van der Waals surface area contributed by atoms with Gasteiger partial charge in [-0.15, -0.1) is 11.8 Å². The molecule has 3 aromatic rings. The number of anilines is 1. The molecule has 27 heavy (non-hydrogen) atoms. The molecule has 1 amide bonds. The van der Waals surface area contributed by atoms with Crippen molar-refractivity contribution in [1.82, 2.24) is 14.8 Å². The molecule has 0 saturated carbocycles. The number of hydrogen-bond donors (Lipinski definition) is 2. The number of aromatic nitrogens is 3. The highest BCUT2D eigenvalue weighted by Gasteiger charge is 2.30. The van der Waals surface area contributed by atoms with Crippen molar-refractivity contribution in [1.29, 1.82) is 0 Å². The molecule has 2 aromatic heterocycles. The zero-order valence-corrected chi connectivity index (χ0v) is 15.2. The first-order chi connectivity index (χ1) is 13.0. The Morgan fingerprint density at radius 3 is 2.70 bits per heavy atom. The van der Waals surface area contributed by atoms with E-state index in [0.29, 0.717) is 17.4 Å². The minimum absolute atomic E-state index is 0.108. The lowest BCUT2D eigenvalue weighted by Crippen LogP contribution is -2.16. The Hall–Kier alpha value is -3.13. The van der Waals surface area contributed by atoms with Crippen LogP contribution in [0.25, 0.3) is 5.82 Å². The molecule has 0 spiro atoms. The summed E-state index contributed by atoms with van der Waals surface area (Å²) >= 11 is 1.49. The van der Waals surface area contributed by atoms with Crippen LogP contribution in [0.5, 0.6) is 0 Å². The second-order valence-corrected chi connectivity index (χ2v) is 7.21. The van der Waals surface area contributed by atoms with Gasteiger partial charge in [-0.25, -0.2) is 9.78 Å². The molecular formula is C19H16N4O3S. The lowest BCUT2D eigenvalue weighted by Gasteiger charge is -2.15. The third-order valence-corrected chi connectivity index (χ3v) is 5.60. The van der Waals surface area contributed by atoms with Crippen LogP contribution in [0.3, 0.4) is 0 Å². The molecule has 1 atom stereocenters. The van der Waals surface area contributed by atoms with Crippen molar-refractivity contribution in [2.45, 2.75) is 12.2 Å². The van der Waals surface area contributed by atoms with Gasteiger partial charge >= 0.3 is 5.97 Å². The number of thioether (sulfide) groups is 1. The van der Waals surface area contributed by atoms with Gasteiger partial charge in [-0.05, 0) is 36.8 Å². The number of nitrogens with zero attached hydrogens (tertiary/aromatic N) is 3. The van der Waals surface area contributed by atoms with Crippen molar-refractivity contribution in [2.24, 2.45) is 0 Å². The smallest absolute Gasteiger partial charge is 0.335 e. The first kappa shape index (κ1) is 17.3. The quantitative estimate of drug-likeness (QED) is 0.725. The monoisotopic (exact) mass is 380 g/mol. The van der Waals surface area contributed by atoms with E-state index < -0.39 is 5.97 Å². The van der Waals surface area contributed by atoms with Crippen molar-refractivity contribution in [3.8, 4) is 5.82 Å². The van der Waals surface area contributed by atoms with Gasteiger partial charge in [0.2, 0.25) is 5.91 Å². The number of rotatable bonds is 3. The Balaban J connectivity index is 1.84. The lowest BCUT2D eigenvalue weighted by molar-refractivity contribution is -0.113. The highest BCUT2D eigenvalue weighted by Crippen LogP contribution is 2.43. The SMILES string of the molecule is Cc1nn(-c2ccccn2)c2c1C(c1ccc(C(=O)O)cc1)SCC(=O)N2. The number of carbonyl (C=O) groups excluding carboxylic acids is 1. The van der Waals surface area contributed by atoms with E-state index in [9.17, 15) is 9.59 Å². The van der Waals surface area contributed by atoms with Crippen LogP contribution in [0.1, 0.15) is 32.4 Å². The number of aryl methyl sites for hydroxylation is 1. The fraction of sp³-hybridized carbons (Fsp3) is 0.158. The molecule has 1 unspecified atom stereocenters. The van der Waals surface area contributed by atoms with Gasteiger partial charge in [0.05, 0.1) is 22.3 Å². The number of nitrogens with one attached hydrogen (secondary N) is 1. The number of carboxylic acids is 1. The van der Waals surface area contributed by atoms with Crippen LogP contribution in [-0.4, -0.2) is 37.5 Å². The minimum atomic E-state index is -0.966. The number of benzene rings is 1. The van der Waals surface area contributed by atoms with Gasteiger partial charge in [-0.2, -0.15) is 9.78 Å². The molecule has 1 aromatic carbocycles. The van der Waals surface area contributed by atoms with E-state index in [1.807, 2.05) is 25.1 Å². The lowest BCUT2D eigenvalue weighted by atomic mass is 10.0. The van der Waals surface area contributed by atoms with Crippen LogP contribution in [0.15, 0.2) is 48.7 Å². The van der Waals surface area contributed by atoms with Crippen molar-refractivity contribution in [3.63, 3.8) is 0 Å². The Morgan fingerprint density at radius 2 is 2.04 bits per heavy atom. The maximum atomic E-state index is 12.3. The second-order valence-electron chi connectivity index (χ2n) is 6.11. The Labute approximate surface area is 159 Å². The van der Waals surface area contributed by atoms with Crippen molar-refractivity contribution in [2.75, 3.05) is 11.1 Å². The minimum Gasteiger partial charge on any atom is -0.478 e. The predicted molar refractivity (Wildman–Crippen MR) is 102 cm³/mol. The van der Waals surface area contributed by atoms with Gasteiger partial charge in [-0.1, -0.05) is 18.2 Å². The normalized spacial score (nSPS) is 16.3. The number of carbonyl (C=O) groups is 2. The van der Waals surface area contributed by atoms with E-state index in [2.05, 4.69) is 15.4 Å². The number of carboxylic acid groups (broad SMARTS) is 1. The van der Waals surface area contributed by atoms with Crippen molar-refractivity contribution in [3.05, 3.63) is 71.0 Å². The molecule has 0 fully saturated rings. The number of fused-ring (bicyclic) bond motifs is 1. The summed E-state index contributed by atoms with van der Waals surface area (Å²) in [6.45, 7) is 1.90. The van der Waals surface area contributed by atoms with Crippen LogP contribution in [0.4, 0.5) is 5.82 Å². The van der Waals surface area contributed by atoms with Crippen LogP contribution in [0.2, 0.25) is 0 Å². The summed E-state index contributed by atoms with van der Waals surface area (Å²) in [7, 11) is 0. The summed E-state index contributed by atoms with van der Waals surface area (Å²) in [5.74, 6) is 0.444. The fourth-order valence-corrected chi connectivity index (χ4v) is 4.28. The van der Waals surface area contributed by atoms with E-state index >= 15 is 0 Å². The number of aromatic carboxylic acids is 1. The molecule has 1 aliphatic heterocycles. The Morgan fingerprint density at radius 1 is 1.26 bits per heavy atom. The zero-order chi connectivity index (χ0) is 19.0. The molecule has 1 aliphatic rings. The van der Waals surface area contributed by atoms with Crippen LogP contribution >= 0.6 is 11.8 Å². The third-order valence-electron chi connectivity index (χ3n) is 4.33. The zero-order valence-electron chi connectivity index (χ0n) is 14.4. The van der Waals surface area contributed by atoms with Gasteiger partial charge in [-0.3, -0.25) is 4.79 Å². The first-order valence-corrected chi connectivity index (χ1v) is 9.35. The fourth-order valence-electron chi connectivity index (χ4n) is 3.09. The van der Waals surface area contributed by atoms with E-state index in [1.165, 1.54) is 11.8 Å². The number of pyridine rings is 1. The van der Waals surface area contributed by atoms with Crippen LogP contribution in [0, 0.1) is 6.92 Å². The van der Waals surface area contributed by atoms with E-state index in [4.69, 9.17) is 5.11 Å². The Bertz CT molecular complexity index is 1020. The largest absolute Gasteiger partial charge is 0.478 e. The first-order valence-electron chi connectivity index (χ1n) is 8.30. The summed E-state index contributed by atoms with van der Waals surface area (Å²) in [4.78, 5) is 27.7. The Kier molecular flexibility index (Phi) is 4.41. The molecule has 7 nitrogen and oxygen atoms in total. The third kappa shape index (κ3) is 3.19. The summed E-state index contributed by atoms with van der Waals surface area (Å²) in [6.07, 6.45) is 1.67. The molecule has 0 aliphatic carbocycles. The van der Waals surface area contributed by atoms with E-state index in [-0.39, 0.29) is 16.7 Å². The maximum absolute atomic E-state index is 12.3.